The van der Waals surface area contributed by atoms with Crippen molar-refractivity contribution < 1.29 is 32.9 Å². The number of nitrogens with zero attached hydrogens (tertiary/aromatic N) is 3. The minimum Gasteiger partial charge on any atom is -0.511 e. The van der Waals surface area contributed by atoms with E-state index in [4.69, 9.17) is 14.7 Å². The number of carbonyl (C=O) groups is 1. The summed E-state index contributed by atoms with van der Waals surface area (Å²) in [5.41, 5.74) is 6.04. The van der Waals surface area contributed by atoms with Crippen molar-refractivity contribution in [1.29, 1.82) is 0 Å². The number of nitrogens with one attached hydrogen (secondary N) is 1. The summed E-state index contributed by atoms with van der Waals surface area (Å²) >= 11 is 0. The SMILES string of the molecule is CCC1=C(C)C2=NC1=CC1=C(C)C3=C(O)CC(=C4NC(=C(C(F)(F)F)C5=NC(=C2)C(C(C)O)=C5C)[C@@H](C)[C@@H]4CCC(=O)OC)C3=N1. The Hall–Kier alpha value is -4.25. The third-order valence-corrected chi connectivity index (χ3v) is 9.82. The molecule has 0 spiro atoms. The number of hydrogen-bond acceptors (Lipinski definition) is 8. The third kappa shape index (κ3) is 4.87. The number of aliphatic imine (C=N–C) groups is 3. The van der Waals surface area contributed by atoms with Crippen molar-refractivity contribution in [2.24, 2.45) is 26.8 Å². The average molecular weight is 635 g/mol. The Kier molecular flexibility index (Phi) is 7.74. The van der Waals surface area contributed by atoms with Crippen molar-refractivity contribution in [2.75, 3.05) is 7.11 Å². The first-order chi connectivity index (χ1) is 21.7. The maximum Gasteiger partial charge on any atom is 0.420 e. The second kappa shape index (κ2) is 11.2. The predicted octanol–water partition coefficient (Wildman–Crippen LogP) is 6.92. The molecule has 0 aromatic rings. The fraction of sp³-hybridized carbons (Fsp3) is 0.429. The highest BCUT2D eigenvalue weighted by Crippen LogP contribution is 2.49. The molecule has 1 aliphatic carbocycles. The molecule has 0 radical (unpaired) electrons. The van der Waals surface area contributed by atoms with Gasteiger partial charge < -0.3 is 20.3 Å². The number of ether oxygens (including phenoxy) is 1. The summed E-state index contributed by atoms with van der Waals surface area (Å²) in [6.07, 6.45) is -1.43. The van der Waals surface area contributed by atoms with Crippen LogP contribution in [0.5, 0.6) is 0 Å². The van der Waals surface area contributed by atoms with E-state index in [0.29, 0.717) is 51.7 Å². The summed E-state index contributed by atoms with van der Waals surface area (Å²) in [6, 6.07) is 0. The van der Waals surface area contributed by atoms with Gasteiger partial charge in [-0.1, -0.05) is 13.8 Å². The van der Waals surface area contributed by atoms with Crippen molar-refractivity contribution >= 4 is 23.1 Å². The zero-order valence-electron chi connectivity index (χ0n) is 26.9. The van der Waals surface area contributed by atoms with Crippen molar-refractivity contribution in [3.63, 3.8) is 0 Å². The van der Waals surface area contributed by atoms with Crippen LogP contribution in [0.4, 0.5) is 13.2 Å². The molecule has 6 aliphatic rings. The predicted molar refractivity (Wildman–Crippen MR) is 170 cm³/mol. The molecule has 6 rings (SSSR count). The molecule has 3 N–H and O–H groups in total. The van der Waals surface area contributed by atoms with Crippen LogP contribution in [0.1, 0.15) is 67.2 Å². The van der Waals surface area contributed by atoms with E-state index >= 15 is 13.2 Å². The zero-order chi connectivity index (χ0) is 33.4. The van der Waals surface area contributed by atoms with Gasteiger partial charge in [-0.05, 0) is 75.0 Å². The fourth-order valence-electron chi connectivity index (χ4n) is 7.47. The number of aliphatic hydroxyl groups is 2. The molecule has 1 saturated heterocycles. The smallest absolute Gasteiger partial charge is 0.420 e. The number of allylic oxidation sites excluding steroid dienone is 11. The van der Waals surface area contributed by atoms with E-state index in [2.05, 4.69) is 10.3 Å². The molecule has 0 amide bonds. The van der Waals surface area contributed by atoms with Crippen LogP contribution in [-0.2, 0) is 9.53 Å². The van der Waals surface area contributed by atoms with Gasteiger partial charge in [0.25, 0.3) is 0 Å². The van der Waals surface area contributed by atoms with E-state index in [1.165, 1.54) is 14.0 Å². The van der Waals surface area contributed by atoms with Crippen molar-refractivity contribution in [1.82, 2.24) is 5.32 Å². The van der Waals surface area contributed by atoms with Crippen LogP contribution in [0, 0.1) is 11.8 Å². The topological polar surface area (TPSA) is 116 Å². The summed E-state index contributed by atoms with van der Waals surface area (Å²) in [5.74, 6) is -1.62. The first-order valence-electron chi connectivity index (χ1n) is 15.5. The number of carbonyl (C=O) groups excluding carboxylic acids is 1. The third-order valence-electron chi connectivity index (χ3n) is 9.82. The van der Waals surface area contributed by atoms with Crippen molar-refractivity contribution in [3.8, 4) is 0 Å². The number of alkyl halides is 3. The second-order valence-corrected chi connectivity index (χ2v) is 12.5. The molecule has 46 heavy (non-hydrogen) atoms. The number of aliphatic hydroxyl groups excluding tert-OH is 2. The normalized spacial score (nSPS) is 25.0. The lowest BCUT2D eigenvalue weighted by atomic mass is 9.84. The van der Waals surface area contributed by atoms with Crippen LogP contribution in [0.3, 0.4) is 0 Å². The van der Waals surface area contributed by atoms with E-state index in [-0.39, 0.29) is 47.7 Å². The molecule has 0 aromatic heterocycles. The zero-order valence-corrected chi connectivity index (χ0v) is 26.9. The van der Waals surface area contributed by atoms with Crippen molar-refractivity contribution in [2.45, 2.75) is 79.5 Å². The quantitative estimate of drug-likeness (QED) is 0.284. The minimum atomic E-state index is -4.82. The monoisotopic (exact) mass is 634 g/mol. The Balaban J connectivity index is 1.69. The van der Waals surface area contributed by atoms with E-state index in [9.17, 15) is 15.0 Å². The van der Waals surface area contributed by atoms with Gasteiger partial charge in [0, 0.05) is 52.8 Å². The van der Waals surface area contributed by atoms with Gasteiger partial charge in [-0.15, -0.1) is 0 Å². The Bertz CT molecular complexity index is 1840. The number of esters is 1. The van der Waals surface area contributed by atoms with Crippen LogP contribution in [-0.4, -0.2) is 52.7 Å². The van der Waals surface area contributed by atoms with Crippen LogP contribution < -0.4 is 5.32 Å². The molecule has 11 heteroatoms. The van der Waals surface area contributed by atoms with Gasteiger partial charge in [0.15, 0.2) is 0 Å². The number of hydrogen-bond donors (Lipinski definition) is 3. The lowest BCUT2D eigenvalue weighted by Crippen LogP contribution is -2.27. The van der Waals surface area contributed by atoms with E-state index in [0.717, 1.165) is 16.7 Å². The highest BCUT2D eigenvalue weighted by Gasteiger charge is 2.48. The molecule has 0 aromatic carbocycles. The summed E-state index contributed by atoms with van der Waals surface area (Å²) in [6.45, 7) is 10.5. The Labute approximate surface area is 265 Å². The summed E-state index contributed by atoms with van der Waals surface area (Å²) in [7, 11) is 1.27. The first-order valence-corrected chi connectivity index (χ1v) is 15.5. The number of halogens is 3. The van der Waals surface area contributed by atoms with E-state index in [1.807, 2.05) is 26.8 Å². The molecule has 5 aliphatic heterocycles. The number of rotatable bonds is 5. The highest BCUT2D eigenvalue weighted by molar-refractivity contribution is 6.21. The van der Waals surface area contributed by atoms with Crippen LogP contribution in [0.15, 0.2) is 106 Å². The molecule has 1 fully saturated rings. The van der Waals surface area contributed by atoms with Crippen LogP contribution in [0.25, 0.3) is 0 Å². The summed E-state index contributed by atoms with van der Waals surface area (Å²) in [4.78, 5) is 26.6. The Morgan fingerprint density at radius 3 is 2.41 bits per heavy atom. The van der Waals surface area contributed by atoms with Gasteiger partial charge in [-0.3, -0.25) is 4.79 Å². The van der Waals surface area contributed by atoms with Crippen molar-refractivity contribution in [3.05, 3.63) is 91.0 Å². The van der Waals surface area contributed by atoms with Gasteiger partial charge in [0.05, 0.1) is 47.4 Å². The molecule has 8 nitrogen and oxygen atoms in total. The second-order valence-electron chi connectivity index (χ2n) is 12.5. The summed E-state index contributed by atoms with van der Waals surface area (Å²) in [5, 5.41) is 25.1. The molecule has 0 saturated carbocycles. The lowest BCUT2D eigenvalue weighted by Gasteiger charge is -2.20. The molecule has 5 heterocycles. The van der Waals surface area contributed by atoms with Crippen LogP contribution in [0.2, 0.25) is 0 Å². The standard InChI is InChI=1S/C35H37F3N4O4/c1-8-19-14(2)22-13-25-28(18(6)43)17(5)32(41-25)30(35(36,37)38)31-15(3)20(9-10-27(45)46-7)33(42-31)21-11-26(44)29-16(4)23(40-34(21)29)12-24(19)39-22/h12-13,15,18,20,42-44H,8-11H2,1-7H3/t15-,18?,20-/m0/s1. The van der Waals surface area contributed by atoms with Gasteiger partial charge >= 0.3 is 12.1 Å². The van der Waals surface area contributed by atoms with Gasteiger partial charge in [0.2, 0.25) is 0 Å². The van der Waals surface area contributed by atoms with Gasteiger partial charge in [-0.25, -0.2) is 15.0 Å². The first kappa shape index (κ1) is 31.7. The maximum atomic E-state index is 15.3. The maximum absolute atomic E-state index is 15.3. The molecule has 242 valence electrons. The summed E-state index contributed by atoms with van der Waals surface area (Å²) < 4.78 is 50.7. The lowest BCUT2D eigenvalue weighted by molar-refractivity contribution is -0.140. The highest BCUT2D eigenvalue weighted by atomic mass is 19.4. The van der Waals surface area contributed by atoms with Gasteiger partial charge in [0.1, 0.15) is 11.3 Å². The molecular weight excluding hydrogens is 597 g/mol. The molecule has 3 atom stereocenters. The Morgan fingerprint density at radius 1 is 1.07 bits per heavy atom. The number of fused-ring (bicyclic) bond motifs is 5. The van der Waals surface area contributed by atoms with Crippen LogP contribution >= 0.6 is 0 Å². The molecular formula is C35H37F3N4O4. The average Bonchev–Trinajstić information content (AvgIpc) is 3.73. The van der Waals surface area contributed by atoms with E-state index < -0.39 is 35.7 Å². The van der Waals surface area contributed by atoms with E-state index in [1.54, 1.807) is 19.9 Å². The molecule has 8 bridgehead atoms. The fourth-order valence-corrected chi connectivity index (χ4v) is 7.47. The minimum absolute atomic E-state index is 0.00347. The molecule has 1 unspecified atom stereocenters. The Morgan fingerprint density at radius 2 is 1.78 bits per heavy atom. The van der Waals surface area contributed by atoms with Gasteiger partial charge in [-0.2, -0.15) is 13.2 Å². The largest absolute Gasteiger partial charge is 0.511 e. The number of methoxy groups -OCH3 is 1.